The first-order valence-electron chi connectivity index (χ1n) is 9.87. The Kier molecular flexibility index (Phi) is 6.73. The molecule has 0 unspecified atom stereocenters. The summed E-state index contributed by atoms with van der Waals surface area (Å²) in [6.07, 6.45) is 3.12. The number of hydrogen-bond donors (Lipinski definition) is 1. The first-order valence-corrected chi connectivity index (χ1v) is 11.3. The van der Waals surface area contributed by atoms with Crippen LogP contribution in [0.3, 0.4) is 0 Å². The molecule has 0 atom stereocenters. The third-order valence-corrected chi connectivity index (χ3v) is 6.99. The van der Waals surface area contributed by atoms with Gasteiger partial charge in [-0.3, -0.25) is 4.79 Å². The number of benzene rings is 3. The molecule has 0 heterocycles. The summed E-state index contributed by atoms with van der Waals surface area (Å²) in [5.41, 5.74) is 1.98. The Morgan fingerprint density at radius 1 is 0.839 bits per heavy atom. The van der Waals surface area contributed by atoms with E-state index in [0.29, 0.717) is 0 Å². The number of nitrogens with one attached hydrogen (secondary N) is 1. The quantitative estimate of drug-likeness (QED) is 0.571. The van der Waals surface area contributed by atoms with E-state index in [9.17, 15) is 13.2 Å². The monoisotopic (exact) mass is 434 g/mol. The van der Waals surface area contributed by atoms with Gasteiger partial charge >= 0.3 is 0 Å². The second-order valence-electron chi connectivity index (χ2n) is 7.54. The molecule has 0 saturated carbocycles. The third kappa shape index (κ3) is 5.10. The lowest BCUT2D eigenvalue weighted by atomic mass is 9.84. The van der Waals surface area contributed by atoms with Gasteiger partial charge in [-0.2, -0.15) is 0 Å². The molecule has 0 bridgehead atoms. The molecule has 0 aliphatic rings. The Hall–Kier alpha value is -3.22. The van der Waals surface area contributed by atoms with Gasteiger partial charge in [0.1, 0.15) is 0 Å². The standard InChI is InChI=1S/C25H26N2O3S/c1-25(21-10-6-4-7-11-21,22-12-8-5-9-13-22)26-24(28)19-16-20-14-17-23(18-15-20)31(29,30)27(2)3/h4-19H,1-3H3,(H,26,28). The van der Waals surface area contributed by atoms with Gasteiger partial charge < -0.3 is 5.32 Å². The molecule has 0 aliphatic carbocycles. The van der Waals surface area contributed by atoms with Crippen molar-refractivity contribution in [3.8, 4) is 0 Å². The van der Waals surface area contributed by atoms with Crippen LogP contribution in [-0.4, -0.2) is 32.7 Å². The zero-order valence-corrected chi connectivity index (χ0v) is 18.6. The number of carbonyl (C=O) groups is 1. The van der Waals surface area contributed by atoms with Crippen molar-refractivity contribution in [3.05, 3.63) is 108 Å². The lowest BCUT2D eigenvalue weighted by molar-refractivity contribution is -0.117. The van der Waals surface area contributed by atoms with Crippen molar-refractivity contribution in [2.75, 3.05) is 14.1 Å². The third-order valence-electron chi connectivity index (χ3n) is 5.16. The van der Waals surface area contributed by atoms with Crippen LogP contribution in [0.2, 0.25) is 0 Å². The first kappa shape index (κ1) is 22.5. The number of hydrogen-bond acceptors (Lipinski definition) is 3. The molecule has 1 N–H and O–H groups in total. The lowest BCUT2D eigenvalue weighted by Crippen LogP contribution is -2.43. The number of nitrogens with zero attached hydrogens (tertiary/aromatic N) is 1. The van der Waals surface area contributed by atoms with Gasteiger partial charge in [-0.1, -0.05) is 72.8 Å². The van der Waals surface area contributed by atoms with Crippen molar-refractivity contribution in [1.82, 2.24) is 9.62 Å². The van der Waals surface area contributed by atoms with Crippen molar-refractivity contribution in [1.29, 1.82) is 0 Å². The fourth-order valence-electron chi connectivity index (χ4n) is 3.28. The van der Waals surface area contributed by atoms with E-state index in [1.54, 1.807) is 18.2 Å². The molecule has 0 fully saturated rings. The van der Waals surface area contributed by atoms with Crippen LogP contribution < -0.4 is 5.32 Å². The maximum absolute atomic E-state index is 12.8. The molecule has 1 amide bonds. The number of carbonyl (C=O) groups excluding carboxylic acids is 1. The van der Waals surface area contributed by atoms with Crippen molar-refractivity contribution in [2.24, 2.45) is 0 Å². The number of amides is 1. The lowest BCUT2D eigenvalue weighted by Gasteiger charge is -2.31. The van der Waals surface area contributed by atoms with E-state index in [2.05, 4.69) is 5.32 Å². The summed E-state index contributed by atoms with van der Waals surface area (Å²) in [5.74, 6) is -0.250. The minimum absolute atomic E-state index is 0.208. The summed E-state index contributed by atoms with van der Waals surface area (Å²) in [6.45, 7) is 1.98. The Balaban J connectivity index is 1.81. The highest BCUT2D eigenvalue weighted by Gasteiger charge is 2.29. The molecule has 0 radical (unpaired) electrons. The molecule has 0 aromatic heterocycles. The summed E-state index contributed by atoms with van der Waals surface area (Å²) in [7, 11) is -0.500. The molecule has 0 aliphatic heterocycles. The fourth-order valence-corrected chi connectivity index (χ4v) is 4.18. The Labute approximate surface area is 184 Å². The maximum atomic E-state index is 12.8. The predicted octanol–water partition coefficient (Wildman–Crippen LogP) is 4.03. The summed E-state index contributed by atoms with van der Waals surface area (Å²) in [6, 6.07) is 26.0. The fraction of sp³-hybridized carbons (Fsp3) is 0.160. The van der Waals surface area contributed by atoms with Crippen LogP contribution in [0.1, 0.15) is 23.6 Å². The SMILES string of the molecule is CN(C)S(=O)(=O)c1ccc(C=CC(=O)NC(C)(c2ccccc2)c2ccccc2)cc1. The molecule has 3 rings (SSSR count). The summed E-state index contributed by atoms with van der Waals surface area (Å²) in [4.78, 5) is 13.0. The topological polar surface area (TPSA) is 66.5 Å². The second-order valence-corrected chi connectivity index (χ2v) is 9.69. The zero-order valence-electron chi connectivity index (χ0n) is 17.8. The average molecular weight is 435 g/mol. The van der Waals surface area contributed by atoms with Gasteiger partial charge in [0.05, 0.1) is 10.4 Å². The normalized spacial score (nSPS) is 12.3. The highest BCUT2D eigenvalue weighted by molar-refractivity contribution is 7.89. The van der Waals surface area contributed by atoms with Crippen LogP contribution in [0, 0.1) is 0 Å². The number of sulfonamides is 1. The van der Waals surface area contributed by atoms with Gasteiger partial charge in [0.25, 0.3) is 0 Å². The highest BCUT2D eigenvalue weighted by atomic mass is 32.2. The van der Waals surface area contributed by atoms with Gasteiger partial charge in [0.2, 0.25) is 15.9 Å². The molecule has 5 nitrogen and oxygen atoms in total. The molecule has 160 valence electrons. The number of rotatable bonds is 7. The van der Waals surface area contributed by atoms with Crippen LogP contribution in [0.15, 0.2) is 95.9 Å². The highest BCUT2D eigenvalue weighted by Crippen LogP contribution is 2.29. The Bertz CT molecular complexity index is 1110. The minimum Gasteiger partial charge on any atom is -0.339 e. The molecule has 3 aromatic rings. The van der Waals surface area contributed by atoms with Crippen LogP contribution >= 0.6 is 0 Å². The molecule has 31 heavy (non-hydrogen) atoms. The predicted molar refractivity (Wildman–Crippen MR) is 124 cm³/mol. The van der Waals surface area contributed by atoms with Gasteiger partial charge in [-0.25, -0.2) is 12.7 Å². The Morgan fingerprint density at radius 3 is 1.77 bits per heavy atom. The molecule has 0 saturated heterocycles. The van der Waals surface area contributed by atoms with E-state index >= 15 is 0 Å². The zero-order chi connectivity index (χ0) is 22.5. The van der Waals surface area contributed by atoms with Crippen molar-refractivity contribution in [3.63, 3.8) is 0 Å². The van der Waals surface area contributed by atoms with Gasteiger partial charge in [0.15, 0.2) is 0 Å². The molecular weight excluding hydrogens is 408 g/mol. The van der Waals surface area contributed by atoms with Crippen LogP contribution in [0.25, 0.3) is 6.08 Å². The van der Waals surface area contributed by atoms with Crippen molar-refractivity contribution in [2.45, 2.75) is 17.4 Å². The smallest absolute Gasteiger partial charge is 0.244 e. The van der Waals surface area contributed by atoms with E-state index in [1.165, 1.54) is 36.6 Å². The molecule has 0 spiro atoms. The van der Waals surface area contributed by atoms with Crippen LogP contribution in [0.5, 0.6) is 0 Å². The second kappa shape index (κ2) is 9.29. The summed E-state index contributed by atoms with van der Waals surface area (Å²) < 4.78 is 25.5. The maximum Gasteiger partial charge on any atom is 0.244 e. The van der Waals surface area contributed by atoms with E-state index in [4.69, 9.17) is 0 Å². The average Bonchev–Trinajstić information content (AvgIpc) is 2.79. The molecule has 6 heteroatoms. The van der Waals surface area contributed by atoms with E-state index < -0.39 is 15.6 Å². The van der Waals surface area contributed by atoms with Crippen molar-refractivity contribution >= 4 is 22.0 Å². The first-order chi connectivity index (χ1) is 14.7. The van der Waals surface area contributed by atoms with Gasteiger partial charge in [0, 0.05) is 20.2 Å². The summed E-state index contributed by atoms with van der Waals surface area (Å²) in [5, 5.41) is 3.12. The Morgan fingerprint density at radius 2 is 1.32 bits per heavy atom. The van der Waals surface area contributed by atoms with Crippen LogP contribution in [0.4, 0.5) is 0 Å². The molecule has 3 aromatic carbocycles. The van der Waals surface area contributed by atoms with Gasteiger partial charge in [-0.15, -0.1) is 0 Å². The van der Waals surface area contributed by atoms with Gasteiger partial charge in [-0.05, 0) is 41.8 Å². The van der Waals surface area contributed by atoms with E-state index in [0.717, 1.165) is 16.7 Å². The molecular formula is C25H26N2O3S. The van der Waals surface area contributed by atoms with E-state index in [-0.39, 0.29) is 10.8 Å². The van der Waals surface area contributed by atoms with E-state index in [1.807, 2.05) is 67.6 Å². The minimum atomic E-state index is -3.48. The summed E-state index contributed by atoms with van der Waals surface area (Å²) >= 11 is 0. The van der Waals surface area contributed by atoms with Crippen LogP contribution in [-0.2, 0) is 20.4 Å². The van der Waals surface area contributed by atoms with Crippen molar-refractivity contribution < 1.29 is 13.2 Å². The largest absolute Gasteiger partial charge is 0.339 e.